The number of amides is 1. The van der Waals surface area contributed by atoms with E-state index in [1.54, 1.807) is 6.08 Å². The molecule has 19 heavy (non-hydrogen) atoms. The van der Waals surface area contributed by atoms with Crippen molar-refractivity contribution in [1.82, 2.24) is 5.32 Å². The van der Waals surface area contributed by atoms with E-state index in [-0.39, 0.29) is 17.2 Å². The summed E-state index contributed by atoms with van der Waals surface area (Å²) in [4.78, 5) is 10.6. The van der Waals surface area contributed by atoms with E-state index in [0.29, 0.717) is 13.0 Å². The van der Waals surface area contributed by atoms with E-state index < -0.39 is 11.7 Å². The summed E-state index contributed by atoms with van der Waals surface area (Å²) in [5.41, 5.74) is 4.73. The van der Waals surface area contributed by atoms with Crippen LogP contribution in [-0.2, 0) is 11.0 Å². The van der Waals surface area contributed by atoms with Gasteiger partial charge in [0.1, 0.15) is 0 Å². The zero-order valence-electron chi connectivity index (χ0n) is 10.4. The first-order valence-corrected chi connectivity index (χ1v) is 5.68. The van der Waals surface area contributed by atoms with Gasteiger partial charge in [-0.25, -0.2) is 0 Å². The van der Waals surface area contributed by atoms with E-state index in [1.807, 2.05) is 0 Å². The first-order valence-electron chi connectivity index (χ1n) is 5.68. The molecule has 1 aromatic carbocycles. The summed E-state index contributed by atoms with van der Waals surface area (Å²) in [6.45, 7) is 1.77. The van der Waals surface area contributed by atoms with Gasteiger partial charge >= 0.3 is 6.18 Å². The van der Waals surface area contributed by atoms with Gasteiger partial charge in [0.25, 0.3) is 0 Å². The Kier molecular flexibility index (Phi) is 4.97. The van der Waals surface area contributed by atoms with Gasteiger partial charge in [-0.15, -0.1) is 0 Å². The molecule has 0 atom stereocenters. The molecule has 3 nitrogen and oxygen atoms in total. The van der Waals surface area contributed by atoms with Crippen molar-refractivity contribution in [2.24, 2.45) is 0 Å². The van der Waals surface area contributed by atoms with Crippen molar-refractivity contribution in [2.75, 3.05) is 12.3 Å². The van der Waals surface area contributed by atoms with E-state index in [0.717, 1.165) is 6.07 Å². The highest BCUT2D eigenvalue weighted by atomic mass is 19.4. The molecule has 0 aromatic heterocycles. The van der Waals surface area contributed by atoms with Crippen LogP contribution in [0.25, 0.3) is 6.08 Å². The van der Waals surface area contributed by atoms with Crippen LogP contribution in [0.5, 0.6) is 0 Å². The van der Waals surface area contributed by atoms with Crippen molar-refractivity contribution in [1.29, 1.82) is 0 Å². The zero-order valence-corrected chi connectivity index (χ0v) is 10.4. The first kappa shape index (κ1) is 15.1. The Morgan fingerprint density at radius 1 is 1.42 bits per heavy atom. The molecule has 0 heterocycles. The number of carbonyl (C=O) groups is 1. The number of halogens is 3. The molecule has 0 bridgehead atoms. The summed E-state index contributed by atoms with van der Waals surface area (Å²) >= 11 is 0. The summed E-state index contributed by atoms with van der Waals surface area (Å²) in [6.07, 6.45) is -1.02. The monoisotopic (exact) mass is 272 g/mol. The third kappa shape index (κ3) is 5.03. The molecule has 0 unspecified atom stereocenters. The molecular weight excluding hydrogens is 257 g/mol. The smallest absolute Gasteiger partial charge is 0.399 e. The van der Waals surface area contributed by atoms with Crippen LogP contribution in [0.4, 0.5) is 18.9 Å². The second-order valence-corrected chi connectivity index (χ2v) is 4.02. The maximum Gasteiger partial charge on any atom is 0.417 e. The van der Waals surface area contributed by atoms with Gasteiger partial charge in [0.05, 0.1) is 5.56 Å². The van der Waals surface area contributed by atoms with Crippen LogP contribution in [-0.4, -0.2) is 12.5 Å². The minimum atomic E-state index is -4.44. The minimum absolute atomic E-state index is 0.0597. The predicted molar refractivity (Wildman–Crippen MR) is 68.2 cm³/mol. The molecule has 1 aromatic rings. The third-order valence-corrected chi connectivity index (χ3v) is 2.37. The number of alkyl halides is 3. The summed E-state index contributed by atoms with van der Waals surface area (Å²) in [6, 6.07) is 3.66. The standard InChI is InChI=1S/C13H15F3N2O/c1-9(19)18-7-3-2-4-10-5-6-11(17)8-12(10)13(14,15)16/h2,4-6,8H,3,7,17H2,1H3,(H,18,19). The Labute approximate surface area is 109 Å². The Balaban J connectivity index is 2.78. The highest BCUT2D eigenvalue weighted by Gasteiger charge is 2.32. The van der Waals surface area contributed by atoms with Crippen molar-refractivity contribution in [3.8, 4) is 0 Å². The van der Waals surface area contributed by atoms with Gasteiger partial charge in [0.2, 0.25) is 5.91 Å². The Morgan fingerprint density at radius 3 is 2.68 bits per heavy atom. The van der Waals surface area contributed by atoms with Crippen molar-refractivity contribution < 1.29 is 18.0 Å². The maximum absolute atomic E-state index is 12.8. The molecule has 3 N–H and O–H groups in total. The first-order chi connectivity index (χ1) is 8.80. The van der Waals surface area contributed by atoms with Gasteiger partial charge in [0, 0.05) is 19.2 Å². The van der Waals surface area contributed by atoms with Crippen LogP contribution < -0.4 is 11.1 Å². The maximum atomic E-state index is 12.8. The van der Waals surface area contributed by atoms with Crippen LogP contribution in [0.2, 0.25) is 0 Å². The fourth-order valence-corrected chi connectivity index (χ4v) is 1.51. The largest absolute Gasteiger partial charge is 0.417 e. The number of hydrogen-bond acceptors (Lipinski definition) is 2. The Hall–Kier alpha value is -1.98. The molecule has 6 heteroatoms. The van der Waals surface area contributed by atoms with Gasteiger partial charge in [-0.05, 0) is 24.1 Å². The lowest BCUT2D eigenvalue weighted by atomic mass is 10.1. The molecule has 0 radical (unpaired) electrons. The SMILES string of the molecule is CC(=O)NCCC=Cc1ccc(N)cc1C(F)(F)F. The number of anilines is 1. The summed E-state index contributed by atoms with van der Waals surface area (Å²) in [7, 11) is 0. The van der Waals surface area contributed by atoms with Crippen LogP contribution >= 0.6 is 0 Å². The van der Waals surface area contributed by atoms with Crippen molar-refractivity contribution in [3.05, 3.63) is 35.4 Å². The average Bonchev–Trinajstić information content (AvgIpc) is 2.28. The van der Waals surface area contributed by atoms with Crippen LogP contribution in [0.1, 0.15) is 24.5 Å². The van der Waals surface area contributed by atoms with Crippen LogP contribution in [0.15, 0.2) is 24.3 Å². The fourth-order valence-electron chi connectivity index (χ4n) is 1.51. The molecule has 104 valence electrons. The second-order valence-electron chi connectivity index (χ2n) is 4.02. The minimum Gasteiger partial charge on any atom is -0.399 e. The summed E-state index contributed by atoms with van der Waals surface area (Å²) in [5.74, 6) is -0.170. The molecule has 0 fully saturated rings. The Bertz CT molecular complexity index is 481. The van der Waals surface area contributed by atoms with Gasteiger partial charge in [-0.3, -0.25) is 4.79 Å². The van der Waals surface area contributed by atoms with E-state index in [4.69, 9.17) is 5.73 Å². The Morgan fingerprint density at radius 2 is 2.11 bits per heavy atom. The molecule has 0 saturated carbocycles. The highest BCUT2D eigenvalue weighted by molar-refractivity contribution is 5.72. The van der Waals surface area contributed by atoms with E-state index in [9.17, 15) is 18.0 Å². The van der Waals surface area contributed by atoms with E-state index in [2.05, 4.69) is 5.32 Å². The summed E-state index contributed by atoms with van der Waals surface area (Å²) in [5, 5.41) is 2.55. The molecule has 0 aliphatic heterocycles. The number of hydrogen-bond donors (Lipinski definition) is 2. The van der Waals surface area contributed by atoms with Crippen molar-refractivity contribution in [2.45, 2.75) is 19.5 Å². The summed E-state index contributed by atoms with van der Waals surface area (Å²) < 4.78 is 38.3. The topological polar surface area (TPSA) is 55.1 Å². The van der Waals surface area contributed by atoms with Crippen LogP contribution in [0, 0.1) is 0 Å². The lowest BCUT2D eigenvalue weighted by Crippen LogP contribution is -2.20. The van der Waals surface area contributed by atoms with E-state index in [1.165, 1.54) is 25.1 Å². The zero-order chi connectivity index (χ0) is 14.5. The molecular formula is C13H15F3N2O. The second kappa shape index (κ2) is 6.26. The quantitative estimate of drug-likeness (QED) is 0.654. The van der Waals surface area contributed by atoms with Gasteiger partial charge in [0.15, 0.2) is 0 Å². The van der Waals surface area contributed by atoms with E-state index >= 15 is 0 Å². The van der Waals surface area contributed by atoms with Gasteiger partial charge in [-0.1, -0.05) is 18.2 Å². The van der Waals surface area contributed by atoms with Crippen molar-refractivity contribution in [3.63, 3.8) is 0 Å². The number of nitrogens with two attached hydrogens (primary N) is 1. The fraction of sp³-hybridized carbons (Fsp3) is 0.308. The number of benzene rings is 1. The molecule has 1 amide bonds. The van der Waals surface area contributed by atoms with Crippen molar-refractivity contribution >= 4 is 17.7 Å². The van der Waals surface area contributed by atoms with Gasteiger partial charge in [-0.2, -0.15) is 13.2 Å². The average molecular weight is 272 g/mol. The molecule has 0 aliphatic rings. The number of carbonyl (C=O) groups excluding carboxylic acids is 1. The van der Waals surface area contributed by atoms with Crippen LogP contribution in [0.3, 0.4) is 0 Å². The third-order valence-electron chi connectivity index (χ3n) is 2.37. The number of rotatable bonds is 4. The van der Waals surface area contributed by atoms with Gasteiger partial charge < -0.3 is 11.1 Å². The molecule has 1 rings (SSSR count). The lowest BCUT2D eigenvalue weighted by Gasteiger charge is -2.11. The normalized spacial score (nSPS) is 11.8. The molecule has 0 saturated heterocycles. The lowest BCUT2D eigenvalue weighted by molar-refractivity contribution is -0.137. The molecule has 0 spiro atoms. The molecule has 0 aliphatic carbocycles. The predicted octanol–water partition coefficient (Wildman–Crippen LogP) is 2.83. The number of nitrogen functional groups attached to an aromatic ring is 1. The highest BCUT2D eigenvalue weighted by Crippen LogP contribution is 2.33. The number of nitrogens with one attached hydrogen (secondary N) is 1.